The smallest absolute Gasteiger partial charge is 0.332 e. The molecule has 0 aromatic rings. The van der Waals surface area contributed by atoms with Crippen molar-refractivity contribution in [3.63, 3.8) is 0 Å². The Morgan fingerprint density at radius 1 is 1.17 bits per heavy atom. The van der Waals surface area contributed by atoms with Crippen molar-refractivity contribution < 1.29 is 19.1 Å². The fraction of sp³-hybridized carbons (Fsp3) is 0.750. The highest BCUT2D eigenvalue weighted by molar-refractivity contribution is 5.82. The summed E-state index contributed by atoms with van der Waals surface area (Å²) in [7, 11) is 0. The molecule has 0 heterocycles. The maximum absolute atomic E-state index is 10.7. The highest BCUT2D eigenvalue weighted by Gasteiger charge is 2.04. The lowest BCUT2D eigenvalue weighted by Crippen LogP contribution is -2.17. The summed E-state index contributed by atoms with van der Waals surface area (Å²) in [5.74, 6) is -0.571. The van der Waals surface area contributed by atoms with E-state index in [1.165, 1.54) is 0 Å². The molecular formula is C8H14O4. The summed E-state index contributed by atoms with van der Waals surface area (Å²) in [6.45, 7) is 3.76. The molecule has 0 N–H and O–H groups in total. The molecule has 0 aliphatic carbocycles. The maximum Gasteiger partial charge on any atom is 0.332 e. The van der Waals surface area contributed by atoms with Crippen molar-refractivity contribution in [2.45, 2.75) is 20.3 Å². The van der Waals surface area contributed by atoms with E-state index in [-0.39, 0.29) is 19.0 Å². The van der Waals surface area contributed by atoms with Gasteiger partial charge in [-0.2, -0.15) is 0 Å². The molecule has 0 aromatic carbocycles. The van der Waals surface area contributed by atoms with Gasteiger partial charge in [-0.3, -0.25) is 4.79 Å². The van der Waals surface area contributed by atoms with Crippen LogP contribution in [0.3, 0.4) is 0 Å². The molecule has 0 rings (SSSR count). The summed E-state index contributed by atoms with van der Waals surface area (Å²) < 4.78 is 9.36. The zero-order valence-corrected chi connectivity index (χ0v) is 7.46. The third-order valence-corrected chi connectivity index (χ3v) is 1.21. The Balaban J connectivity index is 3.37. The lowest BCUT2D eigenvalue weighted by molar-refractivity contribution is -0.152. The number of ketones is 1. The first-order valence-electron chi connectivity index (χ1n) is 3.95. The summed E-state index contributed by atoms with van der Waals surface area (Å²) in [5.41, 5.74) is 0. The lowest BCUT2D eigenvalue weighted by atomic mass is 10.3. The first-order chi connectivity index (χ1) is 5.70. The zero-order chi connectivity index (χ0) is 9.40. The van der Waals surface area contributed by atoms with Gasteiger partial charge in [-0.05, 0) is 6.92 Å². The van der Waals surface area contributed by atoms with Crippen LogP contribution >= 0.6 is 0 Å². The minimum atomic E-state index is -0.487. The monoisotopic (exact) mass is 174 g/mol. The Kier molecular flexibility index (Phi) is 6.28. The number of Topliss-reactive ketones (excluding diaryl/α,β-unsaturated/α-hetero) is 1. The van der Waals surface area contributed by atoms with E-state index in [4.69, 9.17) is 4.74 Å². The van der Waals surface area contributed by atoms with Gasteiger partial charge < -0.3 is 9.47 Å². The van der Waals surface area contributed by atoms with E-state index < -0.39 is 5.97 Å². The molecule has 0 unspecified atom stereocenters. The van der Waals surface area contributed by atoms with Crippen LogP contribution in [0.15, 0.2) is 0 Å². The standard InChI is InChI=1S/C8H14O4/c1-3-7(9)5-12-8(10)6-11-4-2/h3-6H2,1-2H3. The van der Waals surface area contributed by atoms with E-state index >= 15 is 0 Å². The molecule has 0 aliphatic heterocycles. The molecule has 70 valence electrons. The quantitative estimate of drug-likeness (QED) is 0.552. The number of carbonyl (C=O) groups is 2. The number of rotatable bonds is 6. The van der Waals surface area contributed by atoms with Crippen molar-refractivity contribution in [2.75, 3.05) is 19.8 Å². The molecule has 0 radical (unpaired) electrons. The van der Waals surface area contributed by atoms with Crippen LogP contribution in [-0.2, 0) is 19.1 Å². The summed E-state index contributed by atoms with van der Waals surface area (Å²) in [6, 6.07) is 0. The first kappa shape index (κ1) is 11.1. The highest BCUT2D eigenvalue weighted by Crippen LogP contribution is 1.85. The van der Waals surface area contributed by atoms with Gasteiger partial charge >= 0.3 is 5.97 Å². The predicted octanol–water partition coefficient (Wildman–Crippen LogP) is 0.545. The number of hydrogen-bond acceptors (Lipinski definition) is 4. The average Bonchev–Trinajstić information content (AvgIpc) is 2.10. The van der Waals surface area contributed by atoms with Crippen molar-refractivity contribution in [3.8, 4) is 0 Å². The van der Waals surface area contributed by atoms with Crippen LogP contribution < -0.4 is 0 Å². The summed E-state index contributed by atoms with van der Waals surface area (Å²) in [5, 5.41) is 0. The summed E-state index contributed by atoms with van der Waals surface area (Å²) in [6.07, 6.45) is 0.391. The van der Waals surface area contributed by atoms with Crippen molar-refractivity contribution >= 4 is 11.8 Å². The minimum absolute atomic E-state index is 0.0759. The molecule has 0 aliphatic rings. The molecule has 0 saturated heterocycles. The molecule has 0 fully saturated rings. The summed E-state index contributed by atoms with van der Waals surface area (Å²) >= 11 is 0. The van der Waals surface area contributed by atoms with Crippen LogP contribution in [0.2, 0.25) is 0 Å². The number of carbonyl (C=O) groups excluding carboxylic acids is 2. The second-order valence-corrected chi connectivity index (χ2v) is 2.19. The number of ether oxygens (including phenoxy) is 2. The van der Waals surface area contributed by atoms with Crippen LogP contribution in [0.4, 0.5) is 0 Å². The topological polar surface area (TPSA) is 52.6 Å². The van der Waals surface area contributed by atoms with Crippen molar-refractivity contribution in [1.29, 1.82) is 0 Å². The van der Waals surface area contributed by atoms with Gasteiger partial charge in [-0.1, -0.05) is 6.92 Å². The molecule has 12 heavy (non-hydrogen) atoms. The van der Waals surface area contributed by atoms with Crippen LogP contribution in [0.5, 0.6) is 0 Å². The SMILES string of the molecule is CCOCC(=O)OCC(=O)CC. The van der Waals surface area contributed by atoms with Crippen molar-refractivity contribution in [2.24, 2.45) is 0 Å². The van der Waals surface area contributed by atoms with Gasteiger partial charge in [-0.15, -0.1) is 0 Å². The molecular weight excluding hydrogens is 160 g/mol. The Hall–Kier alpha value is -0.900. The minimum Gasteiger partial charge on any atom is -0.456 e. The first-order valence-corrected chi connectivity index (χ1v) is 3.95. The molecule has 0 amide bonds. The second kappa shape index (κ2) is 6.79. The third-order valence-electron chi connectivity index (χ3n) is 1.21. The largest absolute Gasteiger partial charge is 0.456 e. The van der Waals surface area contributed by atoms with Crippen LogP contribution in [0, 0.1) is 0 Å². The molecule has 0 bridgehead atoms. The maximum atomic E-state index is 10.7. The Morgan fingerprint density at radius 3 is 2.33 bits per heavy atom. The van der Waals surface area contributed by atoms with Crippen LogP contribution in [0.1, 0.15) is 20.3 Å². The molecule has 0 saturated carbocycles. The number of hydrogen-bond donors (Lipinski definition) is 0. The second-order valence-electron chi connectivity index (χ2n) is 2.19. The van der Waals surface area contributed by atoms with Crippen LogP contribution in [0.25, 0.3) is 0 Å². The van der Waals surface area contributed by atoms with E-state index in [0.29, 0.717) is 13.0 Å². The van der Waals surface area contributed by atoms with Gasteiger partial charge in [0.15, 0.2) is 5.78 Å². The van der Waals surface area contributed by atoms with Gasteiger partial charge in [0.1, 0.15) is 13.2 Å². The number of esters is 1. The fourth-order valence-electron chi connectivity index (χ4n) is 0.490. The van der Waals surface area contributed by atoms with Gasteiger partial charge in [0, 0.05) is 13.0 Å². The van der Waals surface area contributed by atoms with Gasteiger partial charge in [0.2, 0.25) is 0 Å². The molecule has 4 heteroatoms. The highest BCUT2D eigenvalue weighted by atomic mass is 16.6. The Labute approximate surface area is 71.8 Å². The lowest BCUT2D eigenvalue weighted by Gasteiger charge is -2.02. The predicted molar refractivity (Wildman–Crippen MR) is 42.8 cm³/mol. The Morgan fingerprint density at radius 2 is 1.83 bits per heavy atom. The third kappa shape index (κ3) is 5.85. The van der Waals surface area contributed by atoms with E-state index in [9.17, 15) is 9.59 Å². The fourth-order valence-corrected chi connectivity index (χ4v) is 0.490. The van der Waals surface area contributed by atoms with Gasteiger partial charge in [-0.25, -0.2) is 4.79 Å². The summed E-state index contributed by atoms with van der Waals surface area (Å²) in [4.78, 5) is 21.4. The van der Waals surface area contributed by atoms with E-state index in [1.54, 1.807) is 13.8 Å². The van der Waals surface area contributed by atoms with E-state index in [2.05, 4.69) is 4.74 Å². The van der Waals surface area contributed by atoms with Gasteiger partial charge in [0.05, 0.1) is 0 Å². The van der Waals surface area contributed by atoms with Gasteiger partial charge in [0.25, 0.3) is 0 Å². The molecule has 0 atom stereocenters. The average molecular weight is 174 g/mol. The van der Waals surface area contributed by atoms with Crippen LogP contribution in [-0.4, -0.2) is 31.6 Å². The molecule has 0 aromatic heterocycles. The Bertz CT molecular complexity index is 153. The van der Waals surface area contributed by atoms with Crippen molar-refractivity contribution in [1.82, 2.24) is 0 Å². The normalized spacial score (nSPS) is 9.50. The molecule has 4 nitrogen and oxygen atoms in total. The zero-order valence-electron chi connectivity index (χ0n) is 7.46. The van der Waals surface area contributed by atoms with E-state index in [0.717, 1.165) is 0 Å². The molecule has 0 spiro atoms. The van der Waals surface area contributed by atoms with Crippen molar-refractivity contribution in [3.05, 3.63) is 0 Å². The van der Waals surface area contributed by atoms with E-state index in [1.807, 2.05) is 0 Å².